The summed E-state index contributed by atoms with van der Waals surface area (Å²) in [5, 5.41) is 6.19. The molecule has 0 saturated carbocycles. The standard InChI is InChI=1S/C19H32N4O3.HI/c1-5-20-19(22-14-18(24)23(3)4)21-13-16-8-7-9-17(12-16)15-26-11-10-25-6-2;/h7-9,12H,5-6,10-11,13-15H2,1-4H3,(H2,20,21,22);1H. The van der Waals surface area contributed by atoms with E-state index in [2.05, 4.69) is 21.7 Å². The Hall–Kier alpha value is -1.39. The molecule has 1 aromatic rings. The van der Waals surface area contributed by atoms with Crippen LogP contribution in [0.5, 0.6) is 0 Å². The zero-order valence-electron chi connectivity index (χ0n) is 16.8. The number of amides is 1. The molecule has 154 valence electrons. The lowest BCUT2D eigenvalue weighted by atomic mass is 10.1. The second-order valence-electron chi connectivity index (χ2n) is 5.91. The van der Waals surface area contributed by atoms with Crippen LogP contribution in [0.4, 0.5) is 0 Å². The van der Waals surface area contributed by atoms with Gasteiger partial charge in [-0.15, -0.1) is 24.0 Å². The fraction of sp³-hybridized carbons (Fsp3) is 0.579. The van der Waals surface area contributed by atoms with Crippen LogP contribution in [0.1, 0.15) is 25.0 Å². The molecular weight excluding hydrogens is 459 g/mol. The van der Waals surface area contributed by atoms with E-state index >= 15 is 0 Å². The molecule has 1 rings (SSSR count). The quantitative estimate of drug-likeness (QED) is 0.214. The molecule has 0 spiro atoms. The molecule has 8 heteroatoms. The highest BCUT2D eigenvalue weighted by Gasteiger charge is 2.05. The summed E-state index contributed by atoms with van der Waals surface area (Å²) in [6, 6.07) is 8.15. The van der Waals surface area contributed by atoms with Crippen molar-refractivity contribution in [1.82, 2.24) is 15.5 Å². The first kappa shape index (κ1) is 25.6. The Labute approximate surface area is 179 Å². The van der Waals surface area contributed by atoms with Gasteiger partial charge in [0.05, 0.1) is 32.9 Å². The minimum absolute atomic E-state index is 0. The third-order valence-electron chi connectivity index (χ3n) is 3.51. The highest BCUT2D eigenvalue weighted by atomic mass is 127. The van der Waals surface area contributed by atoms with E-state index in [0.717, 1.165) is 17.7 Å². The molecule has 0 bridgehead atoms. The minimum atomic E-state index is 0. The van der Waals surface area contributed by atoms with E-state index in [4.69, 9.17) is 9.47 Å². The van der Waals surface area contributed by atoms with E-state index in [1.807, 2.05) is 32.0 Å². The largest absolute Gasteiger partial charge is 0.379 e. The molecule has 0 radical (unpaired) electrons. The third-order valence-corrected chi connectivity index (χ3v) is 3.51. The minimum Gasteiger partial charge on any atom is -0.379 e. The van der Waals surface area contributed by atoms with Gasteiger partial charge >= 0.3 is 0 Å². The van der Waals surface area contributed by atoms with Gasteiger partial charge in [0, 0.05) is 27.2 Å². The predicted octanol–water partition coefficient (Wildman–Crippen LogP) is 2.00. The first-order valence-corrected chi connectivity index (χ1v) is 9.02. The second-order valence-corrected chi connectivity index (χ2v) is 5.91. The fourth-order valence-electron chi connectivity index (χ4n) is 2.10. The number of carbonyl (C=O) groups is 1. The van der Waals surface area contributed by atoms with Gasteiger partial charge in [-0.3, -0.25) is 4.79 Å². The number of hydrogen-bond acceptors (Lipinski definition) is 4. The van der Waals surface area contributed by atoms with Gasteiger partial charge in [-0.2, -0.15) is 0 Å². The van der Waals surface area contributed by atoms with Crippen molar-refractivity contribution in [2.24, 2.45) is 4.99 Å². The number of nitrogens with one attached hydrogen (secondary N) is 2. The van der Waals surface area contributed by atoms with Crippen molar-refractivity contribution in [3.63, 3.8) is 0 Å². The Morgan fingerprint density at radius 3 is 2.48 bits per heavy atom. The zero-order chi connectivity index (χ0) is 19.2. The van der Waals surface area contributed by atoms with Gasteiger partial charge in [-0.25, -0.2) is 4.99 Å². The maximum absolute atomic E-state index is 11.7. The summed E-state index contributed by atoms with van der Waals surface area (Å²) in [5.74, 6) is 0.628. The van der Waals surface area contributed by atoms with Crippen LogP contribution in [0.25, 0.3) is 0 Å². The number of carbonyl (C=O) groups excluding carboxylic acids is 1. The zero-order valence-corrected chi connectivity index (χ0v) is 19.1. The van der Waals surface area contributed by atoms with E-state index in [0.29, 0.717) is 38.9 Å². The molecule has 0 atom stereocenters. The highest BCUT2D eigenvalue weighted by molar-refractivity contribution is 14.0. The van der Waals surface area contributed by atoms with Gasteiger partial charge in [-0.05, 0) is 25.0 Å². The van der Waals surface area contributed by atoms with Crippen molar-refractivity contribution in [2.75, 3.05) is 47.0 Å². The Morgan fingerprint density at radius 2 is 1.81 bits per heavy atom. The van der Waals surface area contributed by atoms with Crippen molar-refractivity contribution in [1.29, 1.82) is 0 Å². The normalized spacial score (nSPS) is 10.9. The number of guanidine groups is 1. The summed E-state index contributed by atoms with van der Waals surface area (Å²) in [4.78, 5) is 17.8. The van der Waals surface area contributed by atoms with Gasteiger partial charge < -0.3 is 25.0 Å². The lowest BCUT2D eigenvalue weighted by Crippen LogP contribution is -2.42. The van der Waals surface area contributed by atoms with Crippen LogP contribution in [0, 0.1) is 0 Å². The van der Waals surface area contributed by atoms with Crippen molar-refractivity contribution in [3.8, 4) is 0 Å². The van der Waals surface area contributed by atoms with Crippen LogP contribution < -0.4 is 10.6 Å². The van der Waals surface area contributed by atoms with Crippen LogP contribution in [0.2, 0.25) is 0 Å². The Morgan fingerprint density at radius 1 is 1.11 bits per heavy atom. The first-order valence-electron chi connectivity index (χ1n) is 9.02. The monoisotopic (exact) mass is 492 g/mol. The molecule has 0 aliphatic carbocycles. The lowest BCUT2D eigenvalue weighted by Gasteiger charge is -2.14. The Bertz CT molecular complexity index is 568. The van der Waals surface area contributed by atoms with Crippen LogP contribution in [-0.4, -0.2) is 63.8 Å². The third kappa shape index (κ3) is 11.8. The van der Waals surface area contributed by atoms with Crippen molar-refractivity contribution >= 4 is 35.8 Å². The summed E-state index contributed by atoms with van der Waals surface area (Å²) in [5.41, 5.74) is 2.20. The SMILES string of the molecule is CCNC(=NCc1cccc(COCCOCC)c1)NCC(=O)N(C)C.I. The number of hydrogen-bond donors (Lipinski definition) is 2. The smallest absolute Gasteiger partial charge is 0.241 e. The number of benzene rings is 1. The average molecular weight is 492 g/mol. The van der Waals surface area contributed by atoms with Gasteiger partial charge in [0.2, 0.25) is 5.91 Å². The number of nitrogens with zero attached hydrogens (tertiary/aromatic N) is 2. The molecule has 0 aliphatic rings. The highest BCUT2D eigenvalue weighted by Crippen LogP contribution is 2.08. The first-order chi connectivity index (χ1) is 12.6. The molecular formula is C19H33IN4O3. The molecule has 0 aliphatic heterocycles. The van der Waals surface area contributed by atoms with Crippen LogP contribution in [0.15, 0.2) is 29.3 Å². The summed E-state index contributed by atoms with van der Waals surface area (Å²) >= 11 is 0. The van der Waals surface area contributed by atoms with Crippen LogP contribution in [0.3, 0.4) is 0 Å². The average Bonchev–Trinajstić information content (AvgIpc) is 2.63. The van der Waals surface area contributed by atoms with Gasteiger partial charge in [-0.1, -0.05) is 24.3 Å². The van der Waals surface area contributed by atoms with Gasteiger partial charge in [0.15, 0.2) is 5.96 Å². The van der Waals surface area contributed by atoms with E-state index < -0.39 is 0 Å². The van der Waals surface area contributed by atoms with E-state index in [1.165, 1.54) is 0 Å². The molecule has 1 aromatic carbocycles. The van der Waals surface area contributed by atoms with Crippen molar-refractivity contribution < 1.29 is 14.3 Å². The molecule has 2 N–H and O–H groups in total. The molecule has 0 aromatic heterocycles. The van der Waals surface area contributed by atoms with Gasteiger partial charge in [0.1, 0.15) is 0 Å². The Balaban J connectivity index is 0.00000676. The van der Waals surface area contributed by atoms with E-state index in [1.54, 1.807) is 19.0 Å². The number of rotatable bonds is 11. The molecule has 27 heavy (non-hydrogen) atoms. The van der Waals surface area contributed by atoms with Crippen LogP contribution >= 0.6 is 24.0 Å². The fourth-order valence-corrected chi connectivity index (χ4v) is 2.10. The maximum Gasteiger partial charge on any atom is 0.241 e. The summed E-state index contributed by atoms with van der Waals surface area (Å²) in [6.07, 6.45) is 0. The molecule has 1 amide bonds. The molecule has 0 unspecified atom stereocenters. The van der Waals surface area contributed by atoms with E-state index in [-0.39, 0.29) is 36.4 Å². The summed E-state index contributed by atoms with van der Waals surface area (Å²) in [6.45, 7) is 7.90. The Kier molecular flexibility index (Phi) is 14.8. The second kappa shape index (κ2) is 15.6. The molecule has 0 saturated heterocycles. The topological polar surface area (TPSA) is 75.2 Å². The predicted molar refractivity (Wildman–Crippen MR) is 120 cm³/mol. The number of ether oxygens (including phenoxy) is 2. The molecule has 7 nitrogen and oxygen atoms in total. The van der Waals surface area contributed by atoms with Gasteiger partial charge in [0.25, 0.3) is 0 Å². The number of aliphatic imine (C=N–C) groups is 1. The summed E-state index contributed by atoms with van der Waals surface area (Å²) < 4.78 is 10.9. The van der Waals surface area contributed by atoms with Crippen LogP contribution in [-0.2, 0) is 27.4 Å². The molecule has 0 fully saturated rings. The van der Waals surface area contributed by atoms with Crippen molar-refractivity contribution in [3.05, 3.63) is 35.4 Å². The van der Waals surface area contributed by atoms with E-state index in [9.17, 15) is 4.79 Å². The lowest BCUT2D eigenvalue weighted by molar-refractivity contribution is -0.127. The number of likely N-dealkylation sites (N-methyl/N-ethyl adjacent to an activating group) is 1. The van der Waals surface area contributed by atoms with Crippen molar-refractivity contribution in [2.45, 2.75) is 27.0 Å². The number of halogens is 1. The molecule has 0 heterocycles. The maximum atomic E-state index is 11.7. The summed E-state index contributed by atoms with van der Waals surface area (Å²) in [7, 11) is 3.46.